The lowest BCUT2D eigenvalue weighted by atomic mass is 10.0. The number of halogens is 1. The molecule has 2 aromatic carbocycles. The molecule has 2 aromatic heterocycles. The molecule has 36 heavy (non-hydrogen) atoms. The van der Waals surface area contributed by atoms with Gasteiger partial charge in [0.2, 0.25) is 10.0 Å². The Morgan fingerprint density at radius 1 is 1.14 bits per heavy atom. The summed E-state index contributed by atoms with van der Waals surface area (Å²) in [5, 5.41) is 0.566. The van der Waals surface area contributed by atoms with Gasteiger partial charge in [-0.1, -0.05) is 40.3 Å². The summed E-state index contributed by atoms with van der Waals surface area (Å²) >= 11 is 4.92. The van der Waals surface area contributed by atoms with Crippen LogP contribution in [0.2, 0.25) is 0 Å². The van der Waals surface area contributed by atoms with Crippen molar-refractivity contribution in [1.82, 2.24) is 14.3 Å². The van der Waals surface area contributed by atoms with Crippen molar-refractivity contribution in [2.45, 2.75) is 31.2 Å². The zero-order valence-electron chi connectivity index (χ0n) is 19.7. The number of carbonyl (C=O) groups is 1. The zero-order chi connectivity index (χ0) is 25.3. The number of benzene rings is 2. The maximum atomic E-state index is 13.7. The highest BCUT2D eigenvalue weighted by atomic mass is 79.9. The third-order valence-electron chi connectivity index (χ3n) is 6.36. The van der Waals surface area contributed by atoms with Crippen molar-refractivity contribution in [2.75, 3.05) is 18.0 Å². The third kappa shape index (κ3) is 5.22. The molecule has 0 saturated carbocycles. The fraction of sp³-hybridized carbons (Fsp3) is 0.269. The Morgan fingerprint density at radius 3 is 2.58 bits per heavy atom. The average molecular weight is 586 g/mol. The monoisotopic (exact) mass is 584 g/mol. The molecule has 1 aliphatic rings. The van der Waals surface area contributed by atoms with Crippen LogP contribution < -0.4 is 4.90 Å². The number of amides is 1. The van der Waals surface area contributed by atoms with Gasteiger partial charge in [-0.15, -0.1) is 0 Å². The minimum Gasteiger partial charge on any atom is -0.279 e. The number of pyridine rings is 1. The maximum absolute atomic E-state index is 13.7. The lowest BCUT2D eigenvalue weighted by molar-refractivity contribution is 0.0985. The van der Waals surface area contributed by atoms with Gasteiger partial charge in [-0.05, 0) is 72.9 Å². The van der Waals surface area contributed by atoms with Crippen LogP contribution in [-0.4, -0.2) is 41.7 Å². The first kappa shape index (κ1) is 25.0. The van der Waals surface area contributed by atoms with Gasteiger partial charge in [-0.25, -0.2) is 13.4 Å². The number of nitrogens with zero attached hydrogens (tertiary/aromatic N) is 4. The smallest absolute Gasteiger partial charge is 0.260 e. The van der Waals surface area contributed by atoms with Gasteiger partial charge < -0.3 is 0 Å². The fourth-order valence-corrected chi connectivity index (χ4v) is 7.19. The number of rotatable bonds is 6. The summed E-state index contributed by atoms with van der Waals surface area (Å²) in [5.41, 5.74) is 2.06. The topological polar surface area (TPSA) is 83.5 Å². The van der Waals surface area contributed by atoms with Crippen LogP contribution in [0.1, 0.15) is 35.7 Å². The molecule has 0 radical (unpaired) electrons. The molecule has 0 bridgehead atoms. The Morgan fingerprint density at radius 2 is 1.89 bits per heavy atom. The van der Waals surface area contributed by atoms with Gasteiger partial charge in [0, 0.05) is 35.5 Å². The van der Waals surface area contributed by atoms with Gasteiger partial charge >= 0.3 is 0 Å². The van der Waals surface area contributed by atoms with E-state index in [1.165, 1.54) is 27.8 Å². The quantitative estimate of drug-likeness (QED) is 0.289. The summed E-state index contributed by atoms with van der Waals surface area (Å²) in [6.45, 7) is 3.49. The second-order valence-corrected chi connectivity index (χ2v) is 12.8. The van der Waals surface area contributed by atoms with Gasteiger partial charge in [0.1, 0.15) is 0 Å². The second kappa shape index (κ2) is 10.4. The standard InChI is InChI=1S/C26H25BrN4O3S2/c1-18-10-13-30(14-11-18)36(33,34)22-7-4-20(5-8-22)25(32)31(17-19-3-2-12-28-16-19)26-29-23-9-6-21(27)15-24(23)35-26/h2-9,12,15-16,18H,10-11,13-14,17H2,1H3. The Labute approximate surface area is 223 Å². The first-order chi connectivity index (χ1) is 17.3. The zero-order valence-corrected chi connectivity index (χ0v) is 22.9. The van der Waals surface area contributed by atoms with E-state index < -0.39 is 10.0 Å². The number of fused-ring (bicyclic) bond motifs is 1. The van der Waals surface area contributed by atoms with Crippen molar-refractivity contribution >= 4 is 58.5 Å². The number of sulfonamides is 1. The number of hydrogen-bond acceptors (Lipinski definition) is 6. The second-order valence-electron chi connectivity index (χ2n) is 8.97. The third-order valence-corrected chi connectivity index (χ3v) is 9.81. The molecule has 0 aliphatic carbocycles. The summed E-state index contributed by atoms with van der Waals surface area (Å²) in [5.74, 6) is 0.276. The molecule has 0 atom stereocenters. The molecular weight excluding hydrogens is 560 g/mol. The summed E-state index contributed by atoms with van der Waals surface area (Å²) in [6.07, 6.45) is 5.13. The van der Waals surface area contributed by atoms with E-state index in [1.807, 2.05) is 30.3 Å². The number of piperidine rings is 1. The van der Waals surface area contributed by atoms with Crippen LogP contribution in [0.4, 0.5) is 5.13 Å². The minimum absolute atomic E-state index is 0.206. The van der Waals surface area contributed by atoms with Crippen molar-refractivity contribution in [3.63, 3.8) is 0 Å². The van der Waals surface area contributed by atoms with Crippen molar-refractivity contribution in [3.8, 4) is 0 Å². The number of carbonyl (C=O) groups excluding carboxylic acids is 1. The van der Waals surface area contributed by atoms with Crippen LogP contribution >= 0.6 is 27.3 Å². The molecule has 0 unspecified atom stereocenters. The number of hydrogen-bond donors (Lipinski definition) is 0. The lowest BCUT2D eigenvalue weighted by Gasteiger charge is -2.29. The molecule has 0 N–H and O–H groups in total. The van der Waals surface area contributed by atoms with E-state index in [0.717, 1.165) is 33.1 Å². The number of anilines is 1. The van der Waals surface area contributed by atoms with Crippen molar-refractivity contribution < 1.29 is 13.2 Å². The summed E-state index contributed by atoms with van der Waals surface area (Å²) in [4.78, 5) is 24.4. The van der Waals surface area contributed by atoms with Crippen LogP contribution in [0.5, 0.6) is 0 Å². The van der Waals surface area contributed by atoms with E-state index in [1.54, 1.807) is 29.4 Å². The molecule has 1 saturated heterocycles. The Hall–Kier alpha value is -2.66. The molecule has 5 rings (SSSR count). The highest BCUT2D eigenvalue weighted by Gasteiger charge is 2.29. The van der Waals surface area contributed by atoms with Gasteiger partial charge in [-0.3, -0.25) is 14.7 Å². The lowest BCUT2D eigenvalue weighted by Crippen LogP contribution is -2.37. The van der Waals surface area contributed by atoms with E-state index in [2.05, 4.69) is 27.8 Å². The van der Waals surface area contributed by atoms with E-state index >= 15 is 0 Å². The molecule has 0 spiro atoms. The highest BCUT2D eigenvalue weighted by molar-refractivity contribution is 9.10. The Balaban J connectivity index is 1.45. The number of thiazole rings is 1. The van der Waals surface area contributed by atoms with E-state index in [0.29, 0.717) is 36.2 Å². The first-order valence-corrected chi connectivity index (χ1v) is 14.7. The molecular formula is C26H25BrN4O3S2. The SMILES string of the molecule is CC1CCN(S(=O)(=O)c2ccc(C(=O)N(Cc3cccnc3)c3nc4ccc(Br)cc4s3)cc2)CC1. The van der Waals surface area contributed by atoms with Crippen LogP contribution in [0.25, 0.3) is 10.2 Å². The maximum Gasteiger partial charge on any atom is 0.260 e. The van der Waals surface area contributed by atoms with Crippen LogP contribution in [0, 0.1) is 5.92 Å². The van der Waals surface area contributed by atoms with E-state index in [-0.39, 0.29) is 10.8 Å². The van der Waals surface area contributed by atoms with Crippen molar-refractivity contribution in [2.24, 2.45) is 5.92 Å². The minimum atomic E-state index is -3.58. The summed E-state index contributed by atoms with van der Waals surface area (Å²) in [7, 11) is -3.58. The molecule has 4 aromatic rings. The van der Waals surface area contributed by atoms with E-state index in [4.69, 9.17) is 4.98 Å². The number of aromatic nitrogens is 2. The summed E-state index contributed by atoms with van der Waals surface area (Å²) < 4.78 is 29.7. The van der Waals surface area contributed by atoms with Gasteiger partial charge in [0.25, 0.3) is 5.91 Å². The van der Waals surface area contributed by atoms with Crippen LogP contribution in [0.3, 0.4) is 0 Å². The van der Waals surface area contributed by atoms with Gasteiger partial charge in [-0.2, -0.15) is 4.31 Å². The van der Waals surface area contributed by atoms with Crippen LogP contribution in [-0.2, 0) is 16.6 Å². The fourth-order valence-electron chi connectivity index (χ4n) is 4.20. The largest absolute Gasteiger partial charge is 0.279 e. The molecule has 186 valence electrons. The Bertz CT molecular complexity index is 1480. The molecule has 1 amide bonds. The molecule has 10 heteroatoms. The highest BCUT2D eigenvalue weighted by Crippen LogP contribution is 2.33. The van der Waals surface area contributed by atoms with Gasteiger partial charge in [0.05, 0.1) is 21.7 Å². The molecule has 3 heterocycles. The van der Waals surface area contributed by atoms with Crippen LogP contribution in [0.15, 0.2) is 76.4 Å². The predicted octanol–water partition coefficient (Wildman–Crippen LogP) is 5.72. The average Bonchev–Trinajstić information content (AvgIpc) is 3.31. The first-order valence-electron chi connectivity index (χ1n) is 11.7. The molecule has 7 nitrogen and oxygen atoms in total. The molecule has 1 fully saturated rings. The Kier molecular flexibility index (Phi) is 7.21. The predicted molar refractivity (Wildman–Crippen MR) is 146 cm³/mol. The van der Waals surface area contributed by atoms with Crippen molar-refractivity contribution in [1.29, 1.82) is 0 Å². The normalized spacial score (nSPS) is 15.3. The van der Waals surface area contributed by atoms with Crippen molar-refractivity contribution in [3.05, 3.63) is 82.6 Å². The molecule has 1 aliphatic heterocycles. The van der Waals surface area contributed by atoms with Gasteiger partial charge in [0.15, 0.2) is 5.13 Å². The van der Waals surface area contributed by atoms with E-state index in [9.17, 15) is 13.2 Å². The summed E-state index contributed by atoms with van der Waals surface area (Å²) in [6, 6.07) is 15.8.